The Morgan fingerprint density at radius 1 is 1.09 bits per heavy atom. The van der Waals surface area contributed by atoms with E-state index in [1.807, 2.05) is 36.4 Å². The Balaban J connectivity index is 1.43. The van der Waals surface area contributed by atoms with Crippen LogP contribution in [0.4, 0.5) is 11.4 Å². The van der Waals surface area contributed by atoms with Crippen molar-refractivity contribution in [3.05, 3.63) is 89.1 Å². The van der Waals surface area contributed by atoms with E-state index in [2.05, 4.69) is 15.0 Å². The SMILES string of the molecule is Cc1cc(N2CCCNS2(=O)=O)ccc1C(=O)Nc1ccc(Cl)c(-c2nccc3ccccc23)c1. The molecule has 1 fully saturated rings. The number of halogens is 1. The molecule has 35 heavy (non-hydrogen) atoms. The molecule has 2 N–H and O–H groups in total. The number of nitrogens with zero attached hydrogens (tertiary/aromatic N) is 2. The number of aromatic nitrogens is 1. The van der Waals surface area contributed by atoms with Crippen LogP contribution in [0.3, 0.4) is 0 Å². The molecule has 1 aromatic heterocycles. The number of rotatable bonds is 4. The van der Waals surface area contributed by atoms with Gasteiger partial charge < -0.3 is 5.32 Å². The molecule has 1 aliphatic heterocycles. The lowest BCUT2D eigenvalue weighted by Gasteiger charge is -2.29. The van der Waals surface area contributed by atoms with Crippen LogP contribution in [-0.4, -0.2) is 32.4 Å². The zero-order valence-electron chi connectivity index (χ0n) is 19.0. The summed E-state index contributed by atoms with van der Waals surface area (Å²) in [4.78, 5) is 17.6. The van der Waals surface area contributed by atoms with Gasteiger partial charge in [-0.05, 0) is 66.8 Å². The molecule has 1 amide bonds. The Hall–Kier alpha value is -3.46. The van der Waals surface area contributed by atoms with Crippen LogP contribution >= 0.6 is 11.6 Å². The maximum Gasteiger partial charge on any atom is 0.301 e. The zero-order chi connectivity index (χ0) is 24.6. The third-order valence-corrected chi connectivity index (χ3v) is 7.88. The number of hydrogen-bond acceptors (Lipinski definition) is 4. The van der Waals surface area contributed by atoms with Crippen LogP contribution in [0.2, 0.25) is 5.02 Å². The average molecular weight is 507 g/mol. The smallest absolute Gasteiger partial charge is 0.301 e. The Morgan fingerprint density at radius 3 is 2.71 bits per heavy atom. The third-order valence-electron chi connectivity index (χ3n) is 6.01. The lowest BCUT2D eigenvalue weighted by molar-refractivity contribution is 0.102. The fourth-order valence-electron chi connectivity index (χ4n) is 4.26. The van der Waals surface area contributed by atoms with Gasteiger partial charge in [-0.25, -0.2) is 0 Å². The Kier molecular flexibility index (Phi) is 6.19. The normalized spacial score (nSPS) is 15.2. The molecule has 3 aromatic carbocycles. The van der Waals surface area contributed by atoms with Crippen LogP contribution in [0.25, 0.3) is 22.0 Å². The molecule has 4 aromatic rings. The fraction of sp³-hybridized carbons (Fsp3) is 0.154. The standard InChI is InChI=1S/C26H23ClN4O3S/c1-17-15-20(31-14-4-12-29-35(31,33)34)8-9-21(17)26(32)30-19-7-10-24(27)23(16-19)25-22-6-3-2-5-18(22)11-13-28-25/h2-3,5-11,13,15-16,29H,4,12,14H2,1H3,(H,30,32). The van der Waals surface area contributed by atoms with Gasteiger partial charge in [-0.15, -0.1) is 0 Å². The molecule has 0 atom stereocenters. The molecule has 5 rings (SSSR count). The Bertz CT molecular complexity index is 1550. The summed E-state index contributed by atoms with van der Waals surface area (Å²) in [5, 5.41) is 5.47. The van der Waals surface area contributed by atoms with Crippen molar-refractivity contribution in [3.8, 4) is 11.3 Å². The quantitative estimate of drug-likeness (QED) is 0.400. The van der Waals surface area contributed by atoms with E-state index in [0.29, 0.717) is 47.0 Å². The van der Waals surface area contributed by atoms with E-state index in [1.54, 1.807) is 43.5 Å². The molecular formula is C26H23ClN4O3S. The number of anilines is 2. The maximum atomic E-state index is 13.1. The molecule has 0 unspecified atom stereocenters. The first-order chi connectivity index (χ1) is 16.8. The summed E-state index contributed by atoms with van der Waals surface area (Å²) in [7, 11) is -3.56. The molecule has 1 aliphatic rings. The summed E-state index contributed by atoms with van der Waals surface area (Å²) in [5.41, 5.74) is 3.69. The van der Waals surface area contributed by atoms with Crippen LogP contribution in [0.5, 0.6) is 0 Å². The summed E-state index contributed by atoms with van der Waals surface area (Å²) >= 11 is 6.51. The van der Waals surface area contributed by atoms with Crippen LogP contribution in [-0.2, 0) is 10.2 Å². The van der Waals surface area contributed by atoms with Crippen molar-refractivity contribution < 1.29 is 13.2 Å². The van der Waals surface area contributed by atoms with Crippen molar-refractivity contribution in [2.24, 2.45) is 0 Å². The number of fused-ring (bicyclic) bond motifs is 1. The van der Waals surface area contributed by atoms with E-state index < -0.39 is 10.2 Å². The van der Waals surface area contributed by atoms with Gasteiger partial charge in [0.05, 0.1) is 16.4 Å². The van der Waals surface area contributed by atoms with E-state index in [-0.39, 0.29) is 5.91 Å². The molecule has 1 saturated heterocycles. The van der Waals surface area contributed by atoms with Crippen LogP contribution in [0, 0.1) is 6.92 Å². The minimum atomic E-state index is -3.56. The van der Waals surface area contributed by atoms with E-state index in [9.17, 15) is 13.2 Å². The fourth-order valence-corrected chi connectivity index (χ4v) is 5.79. The van der Waals surface area contributed by atoms with Gasteiger partial charge in [0, 0.05) is 41.5 Å². The third kappa shape index (κ3) is 4.60. The van der Waals surface area contributed by atoms with Gasteiger partial charge in [0.2, 0.25) is 0 Å². The van der Waals surface area contributed by atoms with Gasteiger partial charge >= 0.3 is 10.2 Å². The summed E-state index contributed by atoms with van der Waals surface area (Å²) < 4.78 is 28.5. The molecule has 178 valence electrons. The second kappa shape index (κ2) is 9.30. The zero-order valence-corrected chi connectivity index (χ0v) is 20.5. The van der Waals surface area contributed by atoms with Crippen molar-refractivity contribution in [2.45, 2.75) is 13.3 Å². The van der Waals surface area contributed by atoms with Crippen LogP contribution in [0.15, 0.2) is 72.9 Å². The highest BCUT2D eigenvalue weighted by Crippen LogP contribution is 2.34. The van der Waals surface area contributed by atoms with Gasteiger partial charge in [-0.3, -0.25) is 14.1 Å². The predicted octanol–water partition coefficient (Wildman–Crippen LogP) is 5.16. The van der Waals surface area contributed by atoms with Gasteiger partial charge in [-0.1, -0.05) is 35.9 Å². The Labute approximate surface area is 208 Å². The van der Waals surface area contributed by atoms with Gasteiger partial charge in [0.1, 0.15) is 0 Å². The molecule has 0 radical (unpaired) electrons. The summed E-state index contributed by atoms with van der Waals surface area (Å²) in [5.74, 6) is -0.298. The summed E-state index contributed by atoms with van der Waals surface area (Å²) in [6, 6.07) is 20.2. The minimum absolute atomic E-state index is 0.298. The summed E-state index contributed by atoms with van der Waals surface area (Å²) in [6.45, 7) is 2.61. The average Bonchev–Trinajstić information content (AvgIpc) is 2.84. The number of carbonyl (C=O) groups excluding carboxylic acids is 1. The highest BCUT2D eigenvalue weighted by atomic mass is 35.5. The van der Waals surface area contributed by atoms with Crippen molar-refractivity contribution in [1.29, 1.82) is 0 Å². The van der Waals surface area contributed by atoms with Gasteiger partial charge in [0.15, 0.2) is 0 Å². The second-order valence-corrected chi connectivity index (χ2v) is 10.4. The highest BCUT2D eigenvalue weighted by molar-refractivity contribution is 7.90. The first-order valence-electron chi connectivity index (χ1n) is 11.2. The molecule has 0 bridgehead atoms. The molecule has 0 aliphatic carbocycles. The van der Waals surface area contributed by atoms with Crippen molar-refractivity contribution in [3.63, 3.8) is 0 Å². The molecule has 7 nitrogen and oxygen atoms in total. The lowest BCUT2D eigenvalue weighted by atomic mass is 10.0. The van der Waals surface area contributed by atoms with Gasteiger partial charge in [0.25, 0.3) is 5.91 Å². The molecule has 9 heteroatoms. The lowest BCUT2D eigenvalue weighted by Crippen LogP contribution is -2.47. The number of nitrogens with one attached hydrogen (secondary N) is 2. The molecule has 0 spiro atoms. The monoisotopic (exact) mass is 506 g/mol. The van der Waals surface area contributed by atoms with Crippen LogP contribution in [0.1, 0.15) is 22.3 Å². The number of pyridine rings is 1. The summed E-state index contributed by atoms with van der Waals surface area (Å²) in [6.07, 6.45) is 2.45. The number of benzene rings is 3. The molecular weight excluding hydrogens is 484 g/mol. The number of hydrogen-bond donors (Lipinski definition) is 2. The van der Waals surface area contributed by atoms with Crippen molar-refractivity contribution in [2.75, 3.05) is 22.7 Å². The number of amides is 1. The minimum Gasteiger partial charge on any atom is -0.322 e. The van der Waals surface area contributed by atoms with E-state index in [4.69, 9.17) is 11.6 Å². The van der Waals surface area contributed by atoms with Crippen molar-refractivity contribution >= 4 is 49.9 Å². The largest absolute Gasteiger partial charge is 0.322 e. The number of aryl methyl sites for hydroxylation is 1. The Morgan fingerprint density at radius 2 is 1.91 bits per heavy atom. The first kappa shape index (κ1) is 23.3. The van der Waals surface area contributed by atoms with E-state index >= 15 is 0 Å². The van der Waals surface area contributed by atoms with Crippen molar-refractivity contribution in [1.82, 2.24) is 9.71 Å². The van der Waals surface area contributed by atoms with E-state index in [0.717, 1.165) is 22.0 Å². The maximum absolute atomic E-state index is 13.1. The topological polar surface area (TPSA) is 91.4 Å². The molecule has 2 heterocycles. The van der Waals surface area contributed by atoms with Crippen LogP contribution < -0.4 is 14.3 Å². The van der Waals surface area contributed by atoms with Gasteiger partial charge in [-0.2, -0.15) is 13.1 Å². The first-order valence-corrected chi connectivity index (χ1v) is 13.0. The molecule has 0 saturated carbocycles. The highest BCUT2D eigenvalue weighted by Gasteiger charge is 2.26. The second-order valence-electron chi connectivity index (χ2n) is 8.35. The predicted molar refractivity (Wildman–Crippen MR) is 140 cm³/mol. The number of carbonyl (C=O) groups is 1. The van der Waals surface area contributed by atoms with E-state index in [1.165, 1.54) is 4.31 Å².